The summed E-state index contributed by atoms with van der Waals surface area (Å²) in [5.74, 6) is 0. The lowest BCUT2D eigenvalue weighted by molar-refractivity contribution is 0.184. The summed E-state index contributed by atoms with van der Waals surface area (Å²) in [5, 5.41) is 3.68. The zero-order valence-corrected chi connectivity index (χ0v) is 13.4. The molecule has 1 aromatic rings. The number of piperidine rings is 1. The minimum atomic E-state index is 0.577. The number of methoxy groups -OCH3 is 1. The lowest BCUT2D eigenvalue weighted by Crippen LogP contribution is -2.39. The highest BCUT2D eigenvalue weighted by Gasteiger charge is 2.19. The number of likely N-dealkylation sites (tertiary alicyclic amines) is 1. The Balaban J connectivity index is 2.01. The molecule has 1 saturated heterocycles. The molecule has 0 spiro atoms. The van der Waals surface area contributed by atoms with Crippen molar-refractivity contribution < 1.29 is 4.74 Å². The highest BCUT2D eigenvalue weighted by atomic mass is 79.9. The van der Waals surface area contributed by atoms with E-state index in [0.29, 0.717) is 12.6 Å². The van der Waals surface area contributed by atoms with Crippen LogP contribution >= 0.6 is 15.9 Å². The van der Waals surface area contributed by atoms with Gasteiger partial charge in [0.1, 0.15) is 0 Å². The third kappa shape index (κ3) is 3.94. The van der Waals surface area contributed by atoms with E-state index in [4.69, 9.17) is 4.74 Å². The SMILES string of the molecule is CCN1CCC(Nc2cccc(Br)c2COC)CC1. The number of anilines is 1. The number of benzene rings is 1. The zero-order chi connectivity index (χ0) is 13.7. The van der Waals surface area contributed by atoms with Crippen LogP contribution in [0.25, 0.3) is 0 Å². The predicted molar refractivity (Wildman–Crippen MR) is 83.6 cm³/mol. The fourth-order valence-electron chi connectivity index (χ4n) is 2.60. The molecule has 3 nitrogen and oxygen atoms in total. The first kappa shape index (κ1) is 14.8. The molecule has 0 aromatic heterocycles. The van der Waals surface area contributed by atoms with E-state index in [1.807, 2.05) is 0 Å². The monoisotopic (exact) mass is 326 g/mol. The van der Waals surface area contributed by atoms with Crippen LogP contribution in [0, 0.1) is 0 Å². The Bertz CT molecular complexity index is 403. The summed E-state index contributed by atoms with van der Waals surface area (Å²) in [6, 6.07) is 6.87. The van der Waals surface area contributed by atoms with Gasteiger partial charge in [-0.15, -0.1) is 0 Å². The fourth-order valence-corrected chi connectivity index (χ4v) is 3.08. The maximum Gasteiger partial charge on any atom is 0.0744 e. The average Bonchev–Trinajstić information content (AvgIpc) is 2.43. The number of rotatable bonds is 5. The van der Waals surface area contributed by atoms with Crippen LogP contribution in [0.1, 0.15) is 25.3 Å². The Morgan fingerprint density at radius 1 is 1.37 bits per heavy atom. The Kier molecular flexibility index (Phi) is 5.67. The van der Waals surface area contributed by atoms with Gasteiger partial charge < -0.3 is 15.0 Å². The van der Waals surface area contributed by atoms with Crippen LogP contribution in [0.15, 0.2) is 22.7 Å². The topological polar surface area (TPSA) is 24.5 Å². The van der Waals surface area contributed by atoms with E-state index < -0.39 is 0 Å². The van der Waals surface area contributed by atoms with Gasteiger partial charge in [0.05, 0.1) is 6.61 Å². The predicted octanol–water partition coefficient (Wildman–Crippen LogP) is 3.49. The number of nitrogens with zero attached hydrogens (tertiary/aromatic N) is 1. The van der Waals surface area contributed by atoms with E-state index in [1.165, 1.54) is 43.7 Å². The van der Waals surface area contributed by atoms with Crippen molar-refractivity contribution in [1.29, 1.82) is 0 Å². The normalized spacial score (nSPS) is 17.6. The maximum absolute atomic E-state index is 5.29. The molecule has 1 fully saturated rings. The summed E-state index contributed by atoms with van der Waals surface area (Å²) in [5.41, 5.74) is 2.41. The first-order valence-corrected chi connectivity index (χ1v) is 7.79. The molecule has 0 aliphatic carbocycles. The van der Waals surface area contributed by atoms with Crippen molar-refractivity contribution in [2.24, 2.45) is 0 Å². The smallest absolute Gasteiger partial charge is 0.0744 e. The molecule has 0 amide bonds. The third-order valence-corrected chi connectivity index (χ3v) is 4.54. The van der Waals surface area contributed by atoms with Gasteiger partial charge in [-0.05, 0) is 31.5 Å². The second kappa shape index (κ2) is 7.27. The average molecular weight is 327 g/mol. The summed E-state index contributed by atoms with van der Waals surface area (Å²) in [6.07, 6.45) is 2.43. The molecule has 0 saturated carbocycles. The van der Waals surface area contributed by atoms with Crippen LogP contribution in [0.5, 0.6) is 0 Å². The highest BCUT2D eigenvalue weighted by Crippen LogP contribution is 2.27. The molecule has 0 unspecified atom stereocenters. The summed E-state index contributed by atoms with van der Waals surface area (Å²) < 4.78 is 6.41. The Labute approximate surface area is 124 Å². The molecule has 4 heteroatoms. The van der Waals surface area contributed by atoms with E-state index in [1.54, 1.807) is 7.11 Å². The minimum Gasteiger partial charge on any atom is -0.382 e. The molecule has 1 N–H and O–H groups in total. The second-order valence-electron chi connectivity index (χ2n) is 5.05. The Hall–Kier alpha value is -0.580. The van der Waals surface area contributed by atoms with Crippen molar-refractivity contribution in [3.63, 3.8) is 0 Å². The van der Waals surface area contributed by atoms with Gasteiger partial charge in [-0.25, -0.2) is 0 Å². The van der Waals surface area contributed by atoms with E-state index in [2.05, 4.69) is 51.3 Å². The van der Waals surface area contributed by atoms with Gasteiger partial charge in [0.2, 0.25) is 0 Å². The molecule has 1 aliphatic rings. The minimum absolute atomic E-state index is 0.577. The lowest BCUT2D eigenvalue weighted by Gasteiger charge is -2.32. The number of hydrogen-bond donors (Lipinski definition) is 1. The largest absolute Gasteiger partial charge is 0.382 e. The Morgan fingerprint density at radius 2 is 2.11 bits per heavy atom. The molecule has 1 aliphatic heterocycles. The van der Waals surface area contributed by atoms with E-state index in [9.17, 15) is 0 Å². The number of halogens is 1. The van der Waals surface area contributed by atoms with Gasteiger partial charge >= 0.3 is 0 Å². The molecule has 0 atom stereocenters. The number of ether oxygens (including phenoxy) is 1. The number of nitrogens with one attached hydrogen (secondary N) is 1. The Morgan fingerprint density at radius 3 is 2.74 bits per heavy atom. The lowest BCUT2D eigenvalue weighted by atomic mass is 10.0. The van der Waals surface area contributed by atoms with E-state index >= 15 is 0 Å². The zero-order valence-electron chi connectivity index (χ0n) is 11.8. The molecule has 0 radical (unpaired) electrons. The van der Waals surface area contributed by atoms with Crippen LogP contribution in [-0.4, -0.2) is 37.7 Å². The third-order valence-electron chi connectivity index (χ3n) is 3.80. The van der Waals surface area contributed by atoms with Crippen molar-refractivity contribution >= 4 is 21.6 Å². The highest BCUT2D eigenvalue weighted by molar-refractivity contribution is 9.10. The molecular weight excluding hydrogens is 304 g/mol. The van der Waals surface area contributed by atoms with Crippen LogP contribution in [-0.2, 0) is 11.3 Å². The van der Waals surface area contributed by atoms with Crippen molar-refractivity contribution in [2.45, 2.75) is 32.4 Å². The molecule has 1 aromatic carbocycles. The van der Waals surface area contributed by atoms with Crippen LogP contribution in [0.2, 0.25) is 0 Å². The molecule has 0 bridgehead atoms. The van der Waals surface area contributed by atoms with Gasteiger partial charge in [-0.2, -0.15) is 0 Å². The molecule has 106 valence electrons. The number of hydrogen-bond acceptors (Lipinski definition) is 3. The van der Waals surface area contributed by atoms with Gasteiger partial charge in [0.15, 0.2) is 0 Å². The van der Waals surface area contributed by atoms with Crippen molar-refractivity contribution in [2.75, 3.05) is 32.1 Å². The van der Waals surface area contributed by atoms with Crippen LogP contribution in [0.3, 0.4) is 0 Å². The summed E-state index contributed by atoms with van der Waals surface area (Å²) in [7, 11) is 1.74. The van der Waals surface area contributed by atoms with Gasteiger partial charge in [-0.1, -0.05) is 28.9 Å². The van der Waals surface area contributed by atoms with E-state index in [0.717, 1.165) is 4.47 Å². The fraction of sp³-hybridized carbons (Fsp3) is 0.600. The standard InChI is InChI=1S/C15H23BrN2O/c1-3-18-9-7-12(8-10-18)17-15-6-4-5-14(16)13(15)11-19-2/h4-6,12,17H,3,7-11H2,1-2H3. The molecular formula is C15H23BrN2O. The van der Waals surface area contributed by atoms with Crippen molar-refractivity contribution in [3.05, 3.63) is 28.2 Å². The first-order valence-electron chi connectivity index (χ1n) is 6.99. The van der Waals surface area contributed by atoms with E-state index in [-0.39, 0.29) is 0 Å². The van der Waals surface area contributed by atoms with Crippen LogP contribution < -0.4 is 5.32 Å². The molecule has 2 rings (SSSR count). The van der Waals surface area contributed by atoms with Gasteiger partial charge in [0.25, 0.3) is 0 Å². The van der Waals surface area contributed by atoms with Gasteiger partial charge in [-0.3, -0.25) is 0 Å². The summed E-state index contributed by atoms with van der Waals surface area (Å²) in [6.45, 7) is 6.43. The van der Waals surface area contributed by atoms with Crippen LogP contribution in [0.4, 0.5) is 5.69 Å². The summed E-state index contributed by atoms with van der Waals surface area (Å²) in [4.78, 5) is 2.51. The second-order valence-corrected chi connectivity index (χ2v) is 5.91. The van der Waals surface area contributed by atoms with Crippen molar-refractivity contribution in [3.8, 4) is 0 Å². The summed E-state index contributed by atoms with van der Waals surface area (Å²) >= 11 is 3.61. The first-order chi connectivity index (χ1) is 9.24. The van der Waals surface area contributed by atoms with Crippen molar-refractivity contribution in [1.82, 2.24) is 4.90 Å². The maximum atomic E-state index is 5.29. The quantitative estimate of drug-likeness (QED) is 0.896. The van der Waals surface area contributed by atoms with Gasteiger partial charge in [0, 0.05) is 42.0 Å². The molecule has 19 heavy (non-hydrogen) atoms. The molecule has 1 heterocycles.